The van der Waals surface area contributed by atoms with E-state index < -0.39 is 98.5 Å². The smallest absolute Gasteiger partial charge is 0.407 e. The maximum Gasteiger partial charge on any atom is 0.407 e. The zero-order chi connectivity index (χ0) is 69.8. The van der Waals surface area contributed by atoms with Crippen molar-refractivity contribution in [3.8, 4) is 0 Å². The van der Waals surface area contributed by atoms with Gasteiger partial charge >= 0.3 is 18.0 Å². The Hall–Kier alpha value is -3.74. The van der Waals surface area contributed by atoms with Gasteiger partial charge in [-0.1, -0.05) is 85.5 Å². The molecule has 2 saturated heterocycles. The number of aliphatic hydroxyl groups is 9. The van der Waals surface area contributed by atoms with Gasteiger partial charge in [0, 0.05) is 95.0 Å². The number of amides is 3. The van der Waals surface area contributed by atoms with Gasteiger partial charge in [0.15, 0.2) is 12.6 Å². The first kappa shape index (κ1) is 85.5. The van der Waals surface area contributed by atoms with Crippen LogP contribution in [-0.4, -0.2) is 228 Å². The number of esters is 2. The predicted octanol–water partition coefficient (Wildman–Crippen LogP) is 5.25. The first-order valence-corrected chi connectivity index (χ1v) is 36.0. The minimum atomic E-state index is -1.20. The molecule has 95 heavy (non-hydrogen) atoms. The summed E-state index contributed by atoms with van der Waals surface area (Å²) in [4.78, 5) is 75.1. The Morgan fingerprint density at radius 1 is 0.400 bits per heavy atom. The van der Waals surface area contributed by atoms with Crippen LogP contribution in [0.1, 0.15) is 227 Å². The van der Waals surface area contributed by atoms with Gasteiger partial charge in [-0.15, -0.1) is 0 Å². The van der Waals surface area contributed by atoms with Gasteiger partial charge in [-0.2, -0.15) is 0 Å². The molecule has 0 aromatic heterocycles. The third kappa shape index (κ3) is 35.7. The minimum absolute atomic E-state index is 0.0574. The van der Waals surface area contributed by atoms with Gasteiger partial charge in [0.05, 0.1) is 76.8 Å². The second kappa shape index (κ2) is 50.6. The van der Waals surface area contributed by atoms with Gasteiger partial charge < -0.3 is 99.8 Å². The lowest BCUT2D eigenvalue weighted by Gasteiger charge is -2.40. The molecule has 16 unspecified atom stereocenters. The van der Waals surface area contributed by atoms with E-state index in [4.69, 9.17) is 37.9 Å². The topological polar surface area (TPSA) is 394 Å². The van der Waals surface area contributed by atoms with Crippen LogP contribution in [0, 0.1) is 29.1 Å². The van der Waals surface area contributed by atoms with Gasteiger partial charge in [0.25, 0.3) is 0 Å². The quantitative estimate of drug-likeness (QED) is 0.0210. The van der Waals surface area contributed by atoms with Crippen molar-refractivity contribution in [1.82, 2.24) is 16.0 Å². The molecule has 554 valence electrons. The van der Waals surface area contributed by atoms with Crippen LogP contribution >= 0.6 is 0 Å². The lowest BCUT2D eigenvalue weighted by Crippen LogP contribution is -2.55. The molecular formula is C69H125N3O23. The van der Waals surface area contributed by atoms with Crippen LogP contribution in [-0.2, 0) is 61.9 Å². The van der Waals surface area contributed by atoms with E-state index in [0.29, 0.717) is 116 Å². The molecule has 3 aliphatic rings. The number of hydrogen-bond acceptors (Lipinski definition) is 23. The van der Waals surface area contributed by atoms with Crippen molar-refractivity contribution in [1.29, 1.82) is 0 Å². The van der Waals surface area contributed by atoms with Crippen molar-refractivity contribution in [3.05, 3.63) is 0 Å². The number of carbonyl (C=O) groups excluding carboxylic acids is 6. The maximum atomic E-state index is 12.7. The zero-order valence-electron chi connectivity index (χ0n) is 57.8. The van der Waals surface area contributed by atoms with E-state index in [1.807, 2.05) is 6.92 Å². The second-order valence-corrected chi connectivity index (χ2v) is 27.0. The molecule has 26 nitrogen and oxygen atoms in total. The summed E-state index contributed by atoms with van der Waals surface area (Å²) in [5, 5.41) is 97.9. The van der Waals surface area contributed by atoms with Gasteiger partial charge in [0.1, 0.15) is 30.2 Å². The molecular weight excluding hydrogens is 1240 g/mol. The summed E-state index contributed by atoms with van der Waals surface area (Å²) in [6, 6.07) is 0. The molecule has 3 fully saturated rings. The number of ketones is 1. The van der Waals surface area contributed by atoms with Gasteiger partial charge in [-0.05, 0) is 108 Å². The van der Waals surface area contributed by atoms with E-state index in [9.17, 15) is 74.7 Å². The van der Waals surface area contributed by atoms with E-state index >= 15 is 0 Å². The summed E-state index contributed by atoms with van der Waals surface area (Å²) in [6.07, 6.45) is 10.0. The number of nitrogens with one attached hydrogen (secondary N) is 3. The number of Topliss-reactive ketones (excluding diaryl/α,β-unsaturated/α-hetero) is 1. The third-order valence-electron chi connectivity index (χ3n) is 18.9. The maximum absolute atomic E-state index is 12.7. The summed E-state index contributed by atoms with van der Waals surface area (Å²) in [7, 11) is 0. The molecule has 1 saturated carbocycles. The highest BCUT2D eigenvalue weighted by Gasteiger charge is 2.44. The first-order chi connectivity index (χ1) is 45.6. The van der Waals surface area contributed by atoms with Crippen LogP contribution < -0.4 is 16.0 Å². The fraction of sp³-hybridized carbons (Fsp3) is 0.913. The normalized spacial score (nSPS) is 26.7. The number of hydrogen-bond donors (Lipinski definition) is 12. The Morgan fingerprint density at radius 3 is 1.23 bits per heavy atom. The summed E-state index contributed by atoms with van der Waals surface area (Å²) in [5.74, 6) is -2.20. The highest BCUT2D eigenvalue weighted by molar-refractivity contribution is 5.78. The summed E-state index contributed by atoms with van der Waals surface area (Å²) < 4.78 is 45.2. The van der Waals surface area contributed by atoms with Crippen LogP contribution in [0.3, 0.4) is 0 Å². The van der Waals surface area contributed by atoms with Crippen molar-refractivity contribution in [2.45, 2.75) is 294 Å². The first-order valence-electron chi connectivity index (χ1n) is 36.0. The van der Waals surface area contributed by atoms with Gasteiger partial charge in [-0.25, -0.2) is 4.79 Å². The van der Waals surface area contributed by atoms with Crippen molar-refractivity contribution in [3.63, 3.8) is 0 Å². The highest BCUT2D eigenvalue weighted by atomic mass is 16.7. The van der Waals surface area contributed by atoms with Crippen LogP contribution in [0.4, 0.5) is 4.79 Å². The van der Waals surface area contributed by atoms with Crippen molar-refractivity contribution >= 4 is 35.6 Å². The van der Waals surface area contributed by atoms with Crippen LogP contribution in [0.2, 0.25) is 0 Å². The summed E-state index contributed by atoms with van der Waals surface area (Å²) in [6.45, 7) is 9.42. The number of unbranched alkanes of at least 4 members (excludes halogenated alkanes) is 12. The average molecular weight is 1360 g/mol. The van der Waals surface area contributed by atoms with Crippen molar-refractivity contribution in [2.75, 3.05) is 79.1 Å². The molecule has 16 atom stereocenters. The fourth-order valence-corrected chi connectivity index (χ4v) is 12.4. The fourth-order valence-electron chi connectivity index (χ4n) is 12.4. The second-order valence-electron chi connectivity index (χ2n) is 27.0. The molecule has 2 heterocycles. The Labute approximate surface area is 564 Å². The van der Waals surface area contributed by atoms with E-state index in [0.717, 1.165) is 103 Å². The molecule has 0 aromatic rings. The molecule has 12 N–H and O–H groups in total. The molecule has 26 heteroatoms. The number of alkyl carbamates (subject to hydrolysis) is 1. The SMILES string of the molecule is CC1C(OCCCC(=O)NCCCCCCCC(=O)OCCCC(C)(CCCOC(=O)CCCCCCCNC(=O)CCCOC2OC(CO)C(O)C(O)C2C)CCCOC(=O)NCCCCCCCC(=O)CCCOC2OC(CO)C(O)C(O)C2C)CC(CO)C(O)C1O. The Balaban J connectivity index is 1.26. The minimum Gasteiger partial charge on any atom is -0.466 e. The van der Waals surface area contributed by atoms with E-state index in [2.05, 4.69) is 22.9 Å². The number of carbonyl (C=O) groups is 6. The number of aliphatic hydroxyl groups excluding tert-OH is 9. The van der Waals surface area contributed by atoms with E-state index in [1.54, 1.807) is 13.8 Å². The Kier molecular flexibility index (Phi) is 45.5. The summed E-state index contributed by atoms with van der Waals surface area (Å²) >= 11 is 0. The van der Waals surface area contributed by atoms with Gasteiger partial charge in [-0.3, -0.25) is 24.0 Å². The molecule has 0 spiro atoms. The Morgan fingerprint density at radius 2 is 0.779 bits per heavy atom. The van der Waals surface area contributed by atoms with E-state index in [-0.39, 0.29) is 93.0 Å². The summed E-state index contributed by atoms with van der Waals surface area (Å²) in [5.41, 5.74) is -0.201. The average Bonchev–Trinajstić information content (AvgIpc) is 0.851. The lowest BCUT2D eigenvalue weighted by molar-refractivity contribution is -0.282. The molecule has 1 aliphatic carbocycles. The van der Waals surface area contributed by atoms with Crippen molar-refractivity contribution < 1.29 is 113 Å². The van der Waals surface area contributed by atoms with Crippen LogP contribution in [0.5, 0.6) is 0 Å². The molecule has 2 aliphatic heterocycles. The van der Waals surface area contributed by atoms with Crippen molar-refractivity contribution in [2.24, 2.45) is 29.1 Å². The highest BCUT2D eigenvalue weighted by Crippen LogP contribution is 2.36. The standard InChI is InChI=1S/C69H125N3O23/c1-48-53(44-51(45-73)63(84)60(48)81)88-38-21-28-56(77)70-35-17-11-6-9-15-30-58(79)89-41-23-32-69(4,33-24-42-90-59(80)31-16-10-7-12-18-36-71-57(78)29-22-40-92-67-50(3)62(83)65(86)55(47-75)95-67)34-25-43-93-68(87)72-37-19-13-5-8-14-26-52(76)27-20-39-91-66-49(2)61(82)64(85)54(46-74)94-66/h48-51,53-55,60-67,73-75,81-86H,5-47H2,1-4H3,(H,70,77)(H,71,78)(H,72,87). The lowest BCUT2D eigenvalue weighted by atomic mass is 9.77. The molecule has 0 aromatic carbocycles. The van der Waals surface area contributed by atoms with Gasteiger partial charge in [0.2, 0.25) is 11.8 Å². The Bertz CT molecular complexity index is 1850. The molecule has 3 amide bonds. The number of ether oxygens (including phenoxy) is 8. The molecule has 3 rings (SSSR count). The van der Waals surface area contributed by atoms with E-state index in [1.165, 1.54) is 0 Å². The third-order valence-corrected chi connectivity index (χ3v) is 18.9. The monoisotopic (exact) mass is 1360 g/mol. The predicted molar refractivity (Wildman–Crippen MR) is 351 cm³/mol. The van der Waals surface area contributed by atoms with Crippen LogP contribution in [0.25, 0.3) is 0 Å². The number of rotatable bonds is 54. The molecule has 0 radical (unpaired) electrons. The van der Waals surface area contributed by atoms with Crippen LogP contribution in [0.15, 0.2) is 0 Å². The largest absolute Gasteiger partial charge is 0.466 e. The molecule has 0 bridgehead atoms. The zero-order valence-corrected chi connectivity index (χ0v) is 57.8.